The summed E-state index contributed by atoms with van der Waals surface area (Å²) >= 11 is 0. The van der Waals surface area contributed by atoms with E-state index in [-0.39, 0.29) is 36.5 Å². The number of nitrogens with zero attached hydrogens (tertiary/aromatic N) is 2. The Morgan fingerprint density at radius 3 is 2.87 bits per heavy atom. The fourth-order valence-electron chi connectivity index (χ4n) is 2.54. The van der Waals surface area contributed by atoms with E-state index in [4.69, 9.17) is 5.26 Å². The number of halogens is 1. The second-order valence-corrected chi connectivity index (χ2v) is 7.99. The van der Waals surface area contributed by atoms with Crippen LogP contribution < -0.4 is 5.32 Å². The van der Waals surface area contributed by atoms with E-state index in [1.54, 1.807) is 11.9 Å². The lowest BCUT2D eigenvalue weighted by atomic mass is 10.1. The van der Waals surface area contributed by atoms with Crippen molar-refractivity contribution in [3.05, 3.63) is 35.1 Å². The van der Waals surface area contributed by atoms with Crippen LogP contribution in [0.25, 0.3) is 0 Å². The SMILES string of the molecule is CN(CC(=O)N[C@@H]1CCS(=O)(=O)C1)Cc1cc(C#N)ccc1F. The van der Waals surface area contributed by atoms with E-state index >= 15 is 0 Å². The highest BCUT2D eigenvalue weighted by atomic mass is 32.2. The number of nitrogens with one attached hydrogen (secondary N) is 1. The largest absolute Gasteiger partial charge is 0.351 e. The number of carbonyl (C=O) groups is 1. The summed E-state index contributed by atoms with van der Waals surface area (Å²) in [7, 11) is -1.38. The van der Waals surface area contributed by atoms with Gasteiger partial charge >= 0.3 is 0 Å². The minimum Gasteiger partial charge on any atom is -0.351 e. The molecule has 6 nitrogen and oxygen atoms in total. The summed E-state index contributed by atoms with van der Waals surface area (Å²) in [5.41, 5.74) is 0.693. The Balaban J connectivity index is 1.88. The molecule has 1 atom stereocenters. The molecule has 0 saturated carbocycles. The fraction of sp³-hybridized carbons (Fsp3) is 0.467. The molecular formula is C15H18FN3O3S. The maximum Gasteiger partial charge on any atom is 0.234 e. The number of likely N-dealkylation sites (N-methyl/N-ethyl adjacent to an activating group) is 1. The second kappa shape index (κ2) is 7.06. The first-order valence-electron chi connectivity index (χ1n) is 7.16. The van der Waals surface area contributed by atoms with Gasteiger partial charge in [-0.15, -0.1) is 0 Å². The molecule has 1 fully saturated rings. The minimum absolute atomic E-state index is 0.0206. The van der Waals surface area contributed by atoms with Crippen molar-refractivity contribution in [2.45, 2.75) is 19.0 Å². The Bertz CT molecular complexity index is 743. The van der Waals surface area contributed by atoms with Gasteiger partial charge in [0.2, 0.25) is 5.91 Å². The highest BCUT2D eigenvalue weighted by Crippen LogP contribution is 2.13. The molecule has 1 aromatic carbocycles. The first-order chi connectivity index (χ1) is 10.8. The van der Waals surface area contributed by atoms with Crippen LogP contribution in [0.4, 0.5) is 4.39 Å². The molecule has 1 aliphatic heterocycles. The van der Waals surface area contributed by atoms with E-state index in [1.165, 1.54) is 18.2 Å². The third-order valence-corrected chi connectivity index (χ3v) is 5.39. The predicted molar refractivity (Wildman–Crippen MR) is 82.7 cm³/mol. The van der Waals surface area contributed by atoms with Gasteiger partial charge in [0.05, 0.1) is 29.7 Å². The van der Waals surface area contributed by atoms with Crippen molar-refractivity contribution in [1.82, 2.24) is 10.2 Å². The van der Waals surface area contributed by atoms with Gasteiger partial charge in [-0.05, 0) is 31.7 Å². The number of hydrogen-bond acceptors (Lipinski definition) is 5. The summed E-state index contributed by atoms with van der Waals surface area (Å²) in [4.78, 5) is 13.5. The summed E-state index contributed by atoms with van der Waals surface area (Å²) in [5, 5.41) is 11.5. The normalized spacial score (nSPS) is 19.5. The lowest BCUT2D eigenvalue weighted by Crippen LogP contribution is -2.41. The van der Waals surface area contributed by atoms with Crippen LogP contribution in [0, 0.1) is 17.1 Å². The first-order valence-corrected chi connectivity index (χ1v) is 8.98. The molecule has 1 aliphatic rings. The van der Waals surface area contributed by atoms with Crippen molar-refractivity contribution in [2.24, 2.45) is 0 Å². The third-order valence-electron chi connectivity index (χ3n) is 3.63. The Hall–Kier alpha value is -1.98. The van der Waals surface area contributed by atoms with E-state index in [0.717, 1.165) is 0 Å². The topological polar surface area (TPSA) is 90.3 Å². The summed E-state index contributed by atoms with van der Waals surface area (Å²) in [6, 6.07) is 5.67. The van der Waals surface area contributed by atoms with Crippen LogP contribution in [0.2, 0.25) is 0 Å². The van der Waals surface area contributed by atoms with Crippen LogP contribution in [0.15, 0.2) is 18.2 Å². The highest BCUT2D eigenvalue weighted by Gasteiger charge is 2.29. The Labute approximate surface area is 134 Å². The monoisotopic (exact) mass is 339 g/mol. The number of hydrogen-bond donors (Lipinski definition) is 1. The van der Waals surface area contributed by atoms with Crippen LogP contribution >= 0.6 is 0 Å². The van der Waals surface area contributed by atoms with E-state index in [2.05, 4.69) is 5.32 Å². The molecule has 0 radical (unpaired) electrons. The lowest BCUT2D eigenvalue weighted by Gasteiger charge is -2.18. The molecule has 0 aliphatic carbocycles. The van der Waals surface area contributed by atoms with Crippen LogP contribution in [-0.4, -0.2) is 50.4 Å². The molecule has 23 heavy (non-hydrogen) atoms. The van der Waals surface area contributed by atoms with Crippen molar-refractivity contribution in [1.29, 1.82) is 5.26 Å². The lowest BCUT2D eigenvalue weighted by molar-refractivity contribution is -0.122. The van der Waals surface area contributed by atoms with Crippen molar-refractivity contribution in [3.63, 3.8) is 0 Å². The Morgan fingerprint density at radius 2 is 2.26 bits per heavy atom. The molecule has 8 heteroatoms. The van der Waals surface area contributed by atoms with E-state index in [0.29, 0.717) is 17.5 Å². The van der Waals surface area contributed by atoms with Gasteiger partial charge in [0.15, 0.2) is 9.84 Å². The molecule has 0 spiro atoms. The summed E-state index contributed by atoms with van der Waals surface area (Å²) in [6.07, 6.45) is 0.427. The van der Waals surface area contributed by atoms with Gasteiger partial charge in [0.25, 0.3) is 0 Å². The molecule has 0 bridgehead atoms. The fourth-order valence-corrected chi connectivity index (χ4v) is 4.21. The van der Waals surface area contributed by atoms with Crippen molar-refractivity contribution < 1.29 is 17.6 Å². The first kappa shape index (κ1) is 17.4. The van der Waals surface area contributed by atoms with Crippen LogP contribution in [0.5, 0.6) is 0 Å². The highest BCUT2D eigenvalue weighted by molar-refractivity contribution is 7.91. The molecule has 0 unspecified atom stereocenters. The van der Waals surface area contributed by atoms with E-state index < -0.39 is 15.7 Å². The van der Waals surface area contributed by atoms with Crippen LogP contribution in [0.1, 0.15) is 17.5 Å². The molecule has 1 aromatic rings. The number of sulfone groups is 1. The molecule has 1 saturated heterocycles. The predicted octanol–water partition coefficient (Wildman–Crippen LogP) is 0.432. The number of benzene rings is 1. The average Bonchev–Trinajstić information content (AvgIpc) is 2.79. The van der Waals surface area contributed by atoms with Gasteiger partial charge in [-0.3, -0.25) is 9.69 Å². The number of nitriles is 1. The zero-order chi connectivity index (χ0) is 17.0. The zero-order valence-electron chi connectivity index (χ0n) is 12.8. The zero-order valence-corrected chi connectivity index (χ0v) is 13.6. The molecular weight excluding hydrogens is 321 g/mol. The summed E-state index contributed by atoms with van der Waals surface area (Å²) < 4.78 is 36.4. The van der Waals surface area contributed by atoms with Gasteiger partial charge in [-0.25, -0.2) is 12.8 Å². The number of carbonyl (C=O) groups excluding carboxylic acids is 1. The molecule has 1 heterocycles. The van der Waals surface area contributed by atoms with Crippen LogP contribution in [0.3, 0.4) is 0 Å². The van der Waals surface area contributed by atoms with Gasteiger partial charge < -0.3 is 5.32 Å². The number of rotatable bonds is 5. The molecule has 0 aromatic heterocycles. The van der Waals surface area contributed by atoms with Crippen molar-refractivity contribution in [2.75, 3.05) is 25.1 Å². The number of amides is 1. The van der Waals surface area contributed by atoms with Crippen LogP contribution in [-0.2, 0) is 21.2 Å². The maximum absolute atomic E-state index is 13.7. The molecule has 1 N–H and O–H groups in total. The molecule has 1 amide bonds. The Kier molecular flexibility index (Phi) is 5.34. The average molecular weight is 339 g/mol. The quantitative estimate of drug-likeness (QED) is 0.840. The van der Waals surface area contributed by atoms with Gasteiger partial charge in [0.1, 0.15) is 5.82 Å². The third kappa shape index (κ3) is 5.01. The standard InChI is InChI=1S/C15H18FN3O3S/c1-19(8-12-6-11(7-17)2-3-14(12)16)9-15(20)18-13-4-5-23(21,22)10-13/h2-3,6,13H,4-5,8-10H2,1H3,(H,18,20)/t13-/m1/s1. The summed E-state index contributed by atoms with van der Waals surface area (Å²) in [5.74, 6) is -0.661. The maximum atomic E-state index is 13.7. The van der Waals surface area contributed by atoms with Gasteiger partial charge in [0, 0.05) is 18.2 Å². The van der Waals surface area contributed by atoms with Crippen molar-refractivity contribution >= 4 is 15.7 Å². The molecule has 124 valence electrons. The second-order valence-electron chi connectivity index (χ2n) is 5.76. The smallest absolute Gasteiger partial charge is 0.234 e. The van der Waals surface area contributed by atoms with Gasteiger partial charge in [-0.2, -0.15) is 5.26 Å². The Morgan fingerprint density at radius 1 is 1.52 bits per heavy atom. The van der Waals surface area contributed by atoms with Gasteiger partial charge in [-0.1, -0.05) is 0 Å². The molecule has 2 rings (SSSR count). The van der Waals surface area contributed by atoms with E-state index in [1.807, 2.05) is 6.07 Å². The van der Waals surface area contributed by atoms with Crippen molar-refractivity contribution in [3.8, 4) is 6.07 Å². The van der Waals surface area contributed by atoms with E-state index in [9.17, 15) is 17.6 Å². The summed E-state index contributed by atoms with van der Waals surface area (Å²) in [6.45, 7) is 0.199. The minimum atomic E-state index is -3.04.